The van der Waals surface area contributed by atoms with E-state index in [1.54, 1.807) is 45.0 Å². The van der Waals surface area contributed by atoms with E-state index >= 15 is 0 Å². The summed E-state index contributed by atoms with van der Waals surface area (Å²) in [7, 11) is -3.74. The molecule has 5 rings (SSSR count). The van der Waals surface area contributed by atoms with Crippen molar-refractivity contribution in [3.05, 3.63) is 57.7 Å². The zero-order valence-electron chi connectivity index (χ0n) is 19.3. The van der Waals surface area contributed by atoms with Gasteiger partial charge in [0, 0.05) is 37.6 Å². The predicted molar refractivity (Wildman–Crippen MR) is 122 cm³/mol. The predicted octanol–water partition coefficient (Wildman–Crippen LogP) is 2.34. The van der Waals surface area contributed by atoms with Crippen LogP contribution in [-0.4, -0.2) is 59.8 Å². The molecule has 0 aliphatic carbocycles. The Hall–Kier alpha value is -2.86. The summed E-state index contributed by atoms with van der Waals surface area (Å²) >= 11 is 0. The average Bonchev–Trinajstić information content (AvgIpc) is 3.41. The molecule has 0 atom stereocenters. The second-order valence-electron chi connectivity index (χ2n) is 8.63. The number of piperidine rings is 1. The van der Waals surface area contributed by atoms with Gasteiger partial charge in [-0.05, 0) is 38.5 Å². The van der Waals surface area contributed by atoms with Crippen LogP contribution in [0, 0.1) is 20.8 Å². The molecule has 0 amide bonds. The van der Waals surface area contributed by atoms with Crippen LogP contribution in [0.1, 0.15) is 29.9 Å². The second-order valence-corrected chi connectivity index (χ2v) is 10.5. The Morgan fingerprint density at radius 3 is 2.35 bits per heavy atom. The summed E-state index contributed by atoms with van der Waals surface area (Å²) in [6, 6.07) is 8.14. The average molecular weight is 487 g/mol. The van der Waals surface area contributed by atoms with E-state index in [2.05, 4.69) is 10.3 Å². The molecule has 2 aliphatic heterocycles. The van der Waals surface area contributed by atoms with Crippen molar-refractivity contribution < 1.29 is 22.4 Å². The largest absolute Gasteiger partial charge is 0.359 e. The van der Waals surface area contributed by atoms with Crippen LogP contribution >= 0.6 is 0 Å². The minimum absolute atomic E-state index is 0.214. The van der Waals surface area contributed by atoms with E-state index in [1.165, 1.54) is 15.1 Å². The molecule has 1 aromatic carbocycles. The Morgan fingerprint density at radius 1 is 1.00 bits per heavy atom. The summed E-state index contributed by atoms with van der Waals surface area (Å²) in [5.41, 5.74) is 2.36. The molecule has 3 aromatic rings. The van der Waals surface area contributed by atoms with Crippen molar-refractivity contribution in [3.63, 3.8) is 0 Å². The van der Waals surface area contributed by atoms with E-state index in [-0.39, 0.29) is 10.5 Å². The number of aromatic nitrogens is 3. The SMILES string of the molecule is Cc1ccc(-c2ccc(=O)n(-c3c(C)noc3C)n2)cc1S(=O)(=O)N1CCC2(CC1)OCCO2. The van der Waals surface area contributed by atoms with E-state index in [0.717, 1.165) is 0 Å². The molecule has 11 heteroatoms. The van der Waals surface area contributed by atoms with Gasteiger partial charge in [-0.2, -0.15) is 14.1 Å². The first-order chi connectivity index (χ1) is 16.2. The third-order valence-corrected chi connectivity index (χ3v) is 8.45. The minimum Gasteiger partial charge on any atom is -0.359 e. The van der Waals surface area contributed by atoms with Crippen LogP contribution in [0.2, 0.25) is 0 Å². The molecular weight excluding hydrogens is 460 g/mol. The third-order valence-electron chi connectivity index (χ3n) is 6.41. The Labute approximate surface area is 197 Å². The highest BCUT2D eigenvalue weighted by atomic mass is 32.2. The molecule has 0 saturated carbocycles. The van der Waals surface area contributed by atoms with Crippen molar-refractivity contribution in [3.8, 4) is 16.9 Å². The van der Waals surface area contributed by atoms with Crippen molar-refractivity contribution in [2.75, 3.05) is 26.3 Å². The molecule has 2 aliphatic rings. The second kappa shape index (κ2) is 8.42. The molecule has 1 spiro atoms. The maximum absolute atomic E-state index is 13.5. The number of nitrogens with zero attached hydrogens (tertiary/aromatic N) is 4. The van der Waals surface area contributed by atoms with Gasteiger partial charge in [0.1, 0.15) is 11.4 Å². The van der Waals surface area contributed by atoms with Crippen LogP contribution in [0.25, 0.3) is 16.9 Å². The fraction of sp³-hybridized carbons (Fsp3) is 0.435. The van der Waals surface area contributed by atoms with Crippen LogP contribution in [0.15, 0.2) is 44.5 Å². The topological polar surface area (TPSA) is 117 Å². The van der Waals surface area contributed by atoms with Crippen LogP contribution in [-0.2, 0) is 19.5 Å². The van der Waals surface area contributed by atoms with Gasteiger partial charge in [-0.15, -0.1) is 0 Å². The lowest BCUT2D eigenvalue weighted by atomic mass is 10.1. The van der Waals surface area contributed by atoms with Gasteiger partial charge in [0.05, 0.1) is 23.8 Å². The van der Waals surface area contributed by atoms with Crippen LogP contribution in [0.4, 0.5) is 0 Å². The van der Waals surface area contributed by atoms with E-state index in [4.69, 9.17) is 14.0 Å². The zero-order chi connectivity index (χ0) is 24.1. The van der Waals surface area contributed by atoms with Gasteiger partial charge in [0.15, 0.2) is 11.5 Å². The molecule has 0 unspecified atom stereocenters. The van der Waals surface area contributed by atoms with E-state index in [9.17, 15) is 13.2 Å². The van der Waals surface area contributed by atoms with Crippen molar-refractivity contribution in [2.45, 2.75) is 44.3 Å². The molecule has 180 valence electrons. The molecule has 0 bridgehead atoms. The molecule has 2 saturated heterocycles. The van der Waals surface area contributed by atoms with Crippen LogP contribution in [0.5, 0.6) is 0 Å². The molecule has 10 nitrogen and oxygen atoms in total. The lowest BCUT2D eigenvalue weighted by Gasteiger charge is -2.37. The lowest BCUT2D eigenvalue weighted by molar-refractivity contribution is -0.179. The molecule has 0 N–H and O–H groups in total. The molecular formula is C23H26N4O6S. The zero-order valence-corrected chi connectivity index (χ0v) is 20.1. The summed E-state index contributed by atoms with van der Waals surface area (Å²) in [5.74, 6) is -0.187. The Balaban J connectivity index is 1.49. The monoisotopic (exact) mass is 486 g/mol. The van der Waals surface area contributed by atoms with Gasteiger partial charge in [-0.3, -0.25) is 4.79 Å². The number of rotatable bonds is 4. The first kappa shape index (κ1) is 22.9. The van der Waals surface area contributed by atoms with Gasteiger partial charge in [0.25, 0.3) is 5.56 Å². The summed E-state index contributed by atoms with van der Waals surface area (Å²) < 4.78 is 46.4. The molecule has 4 heterocycles. The van der Waals surface area contributed by atoms with Gasteiger partial charge in [-0.1, -0.05) is 17.3 Å². The molecule has 0 radical (unpaired) electrons. The number of aryl methyl sites for hydroxylation is 3. The highest BCUT2D eigenvalue weighted by molar-refractivity contribution is 7.89. The summed E-state index contributed by atoms with van der Waals surface area (Å²) in [6.45, 7) is 6.92. The van der Waals surface area contributed by atoms with Crippen LogP contribution in [0.3, 0.4) is 0 Å². The third kappa shape index (κ3) is 3.88. The van der Waals surface area contributed by atoms with E-state index < -0.39 is 15.8 Å². The highest BCUT2D eigenvalue weighted by Crippen LogP contribution is 2.34. The van der Waals surface area contributed by atoms with Gasteiger partial charge < -0.3 is 14.0 Å². The Morgan fingerprint density at radius 2 is 1.71 bits per heavy atom. The maximum Gasteiger partial charge on any atom is 0.271 e. The van der Waals surface area contributed by atoms with Crippen molar-refractivity contribution in [1.29, 1.82) is 0 Å². The first-order valence-corrected chi connectivity index (χ1v) is 12.6. The smallest absolute Gasteiger partial charge is 0.271 e. The number of sulfonamides is 1. The van der Waals surface area contributed by atoms with E-state index in [0.29, 0.717) is 73.1 Å². The maximum atomic E-state index is 13.5. The Kier molecular flexibility index (Phi) is 5.67. The number of hydrogen-bond donors (Lipinski definition) is 0. The van der Waals surface area contributed by atoms with E-state index in [1.807, 2.05) is 0 Å². The Bertz CT molecular complexity index is 1380. The number of hydrogen-bond acceptors (Lipinski definition) is 8. The standard InChI is InChI=1S/C23H26N4O6S/c1-15-4-5-18(19-6-7-21(28)27(24-19)22-16(2)25-33-17(22)3)14-20(15)34(29,30)26-10-8-23(9-11-26)31-12-13-32-23/h4-7,14H,8-13H2,1-3H3. The summed E-state index contributed by atoms with van der Waals surface area (Å²) in [6.07, 6.45) is 0.990. The minimum atomic E-state index is -3.74. The number of ether oxygens (including phenoxy) is 2. The molecule has 2 fully saturated rings. The van der Waals surface area contributed by atoms with Gasteiger partial charge in [0.2, 0.25) is 10.0 Å². The van der Waals surface area contributed by atoms with Gasteiger partial charge >= 0.3 is 0 Å². The first-order valence-electron chi connectivity index (χ1n) is 11.1. The molecule has 2 aromatic heterocycles. The highest BCUT2D eigenvalue weighted by Gasteiger charge is 2.43. The summed E-state index contributed by atoms with van der Waals surface area (Å²) in [4.78, 5) is 12.7. The lowest BCUT2D eigenvalue weighted by Crippen LogP contribution is -2.47. The quantitative estimate of drug-likeness (QED) is 0.552. The fourth-order valence-electron chi connectivity index (χ4n) is 4.54. The molecule has 34 heavy (non-hydrogen) atoms. The normalized spacial score (nSPS) is 18.6. The number of benzene rings is 1. The van der Waals surface area contributed by atoms with Crippen molar-refractivity contribution >= 4 is 10.0 Å². The fourth-order valence-corrected chi connectivity index (χ4v) is 6.23. The summed E-state index contributed by atoms with van der Waals surface area (Å²) in [5, 5.41) is 8.38. The van der Waals surface area contributed by atoms with Gasteiger partial charge in [-0.25, -0.2) is 8.42 Å². The van der Waals surface area contributed by atoms with Crippen molar-refractivity contribution in [2.24, 2.45) is 0 Å². The van der Waals surface area contributed by atoms with Crippen LogP contribution < -0.4 is 5.56 Å². The van der Waals surface area contributed by atoms with Crippen molar-refractivity contribution in [1.82, 2.24) is 19.2 Å².